The number of rotatable bonds is 3. The SMILES string of the molecule is Nc1cc2c(cc1NCc1ccccc1F)OCCO2. The zero-order valence-electron chi connectivity index (χ0n) is 10.9. The van der Waals surface area contributed by atoms with Gasteiger partial charge >= 0.3 is 0 Å². The van der Waals surface area contributed by atoms with Gasteiger partial charge in [0.25, 0.3) is 0 Å². The first-order valence-electron chi connectivity index (χ1n) is 6.40. The zero-order chi connectivity index (χ0) is 13.9. The van der Waals surface area contributed by atoms with Crippen LogP contribution < -0.4 is 20.5 Å². The van der Waals surface area contributed by atoms with Gasteiger partial charge in [0.15, 0.2) is 11.5 Å². The molecule has 1 aliphatic rings. The number of nitrogens with two attached hydrogens (primary N) is 1. The summed E-state index contributed by atoms with van der Waals surface area (Å²) in [6.45, 7) is 1.40. The fraction of sp³-hybridized carbons (Fsp3) is 0.200. The summed E-state index contributed by atoms with van der Waals surface area (Å²) in [5, 5.41) is 3.12. The number of fused-ring (bicyclic) bond motifs is 1. The van der Waals surface area contributed by atoms with E-state index in [1.807, 2.05) is 0 Å². The van der Waals surface area contributed by atoms with E-state index in [9.17, 15) is 4.39 Å². The predicted octanol–water partition coefficient (Wildman–Crippen LogP) is 2.79. The van der Waals surface area contributed by atoms with E-state index in [2.05, 4.69) is 5.32 Å². The molecule has 0 bridgehead atoms. The number of nitrogen functional groups attached to an aromatic ring is 1. The lowest BCUT2D eigenvalue weighted by molar-refractivity contribution is 0.172. The van der Waals surface area contributed by atoms with E-state index in [0.717, 1.165) is 0 Å². The minimum Gasteiger partial charge on any atom is -0.486 e. The molecular formula is C15H15FN2O2. The second-order valence-corrected chi connectivity index (χ2v) is 4.53. The molecular weight excluding hydrogens is 259 g/mol. The van der Waals surface area contributed by atoms with E-state index in [1.54, 1.807) is 30.3 Å². The van der Waals surface area contributed by atoms with Gasteiger partial charge in [-0.2, -0.15) is 0 Å². The van der Waals surface area contributed by atoms with E-state index < -0.39 is 0 Å². The van der Waals surface area contributed by atoms with Crippen LogP contribution in [0.5, 0.6) is 11.5 Å². The first-order chi connectivity index (χ1) is 9.74. The Morgan fingerprint density at radius 1 is 1.10 bits per heavy atom. The van der Waals surface area contributed by atoms with Crippen molar-refractivity contribution in [1.82, 2.24) is 0 Å². The molecule has 1 aliphatic heterocycles. The lowest BCUT2D eigenvalue weighted by Gasteiger charge is -2.20. The van der Waals surface area contributed by atoms with Crippen molar-refractivity contribution in [2.24, 2.45) is 0 Å². The highest BCUT2D eigenvalue weighted by molar-refractivity contribution is 5.72. The summed E-state index contributed by atoms with van der Waals surface area (Å²) < 4.78 is 24.5. The van der Waals surface area contributed by atoms with Crippen LogP contribution in [0.2, 0.25) is 0 Å². The summed E-state index contributed by atoms with van der Waals surface area (Å²) in [5.74, 6) is 1.06. The summed E-state index contributed by atoms with van der Waals surface area (Å²) >= 11 is 0. The van der Waals surface area contributed by atoms with Crippen molar-refractivity contribution < 1.29 is 13.9 Å². The number of halogens is 1. The van der Waals surface area contributed by atoms with Crippen LogP contribution in [0.15, 0.2) is 36.4 Å². The highest BCUT2D eigenvalue weighted by Crippen LogP contribution is 2.37. The summed E-state index contributed by atoms with van der Waals surface area (Å²) in [7, 11) is 0. The van der Waals surface area contributed by atoms with Crippen molar-refractivity contribution in [3.05, 3.63) is 47.8 Å². The molecule has 0 saturated heterocycles. The number of ether oxygens (including phenoxy) is 2. The Bertz CT molecular complexity index is 631. The van der Waals surface area contributed by atoms with Crippen molar-refractivity contribution in [3.63, 3.8) is 0 Å². The van der Waals surface area contributed by atoms with Crippen LogP contribution >= 0.6 is 0 Å². The lowest BCUT2D eigenvalue weighted by Crippen LogP contribution is -2.16. The normalized spacial score (nSPS) is 13.1. The first-order valence-corrected chi connectivity index (χ1v) is 6.40. The Hall–Kier alpha value is -2.43. The second kappa shape index (κ2) is 5.28. The van der Waals surface area contributed by atoms with Gasteiger partial charge in [-0.05, 0) is 6.07 Å². The summed E-state index contributed by atoms with van der Waals surface area (Å²) in [5.41, 5.74) is 7.79. The fourth-order valence-corrected chi connectivity index (χ4v) is 2.09. The number of hydrogen-bond acceptors (Lipinski definition) is 4. The molecule has 4 nitrogen and oxygen atoms in total. The molecule has 3 rings (SSSR count). The van der Waals surface area contributed by atoms with Crippen LogP contribution in [0.1, 0.15) is 5.56 Å². The Kier molecular flexibility index (Phi) is 3.33. The standard InChI is InChI=1S/C15H15FN2O2/c16-11-4-2-1-3-10(11)9-18-13-8-15-14(7-12(13)17)19-5-6-20-15/h1-4,7-8,18H,5-6,9,17H2. The predicted molar refractivity (Wildman–Crippen MR) is 75.6 cm³/mol. The third-order valence-electron chi connectivity index (χ3n) is 3.14. The Labute approximate surface area is 116 Å². The van der Waals surface area contributed by atoms with Gasteiger partial charge in [-0.15, -0.1) is 0 Å². The molecule has 3 N–H and O–H groups in total. The van der Waals surface area contributed by atoms with Crippen LogP contribution in [-0.4, -0.2) is 13.2 Å². The maximum atomic E-state index is 13.6. The van der Waals surface area contributed by atoms with E-state index in [4.69, 9.17) is 15.2 Å². The van der Waals surface area contributed by atoms with Crippen LogP contribution in [0.4, 0.5) is 15.8 Å². The zero-order valence-corrected chi connectivity index (χ0v) is 10.9. The smallest absolute Gasteiger partial charge is 0.163 e. The maximum absolute atomic E-state index is 13.6. The highest BCUT2D eigenvalue weighted by atomic mass is 19.1. The molecule has 0 aromatic heterocycles. The molecule has 0 unspecified atom stereocenters. The molecule has 2 aromatic rings. The molecule has 0 amide bonds. The van der Waals surface area contributed by atoms with Crippen molar-refractivity contribution in [2.75, 3.05) is 24.3 Å². The van der Waals surface area contributed by atoms with Gasteiger partial charge in [0.1, 0.15) is 19.0 Å². The van der Waals surface area contributed by atoms with Gasteiger partial charge in [0.05, 0.1) is 11.4 Å². The van der Waals surface area contributed by atoms with E-state index >= 15 is 0 Å². The van der Waals surface area contributed by atoms with Gasteiger partial charge in [0, 0.05) is 24.2 Å². The average molecular weight is 274 g/mol. The molecule has 0 fully saturated rings. The number of nitrogens with one attached hydrogen (secondary N) is 1. The van der Waals surface area contributed by atoms with E-state index in [1.165, 1.54) is 6.07 Å². The monoisotopic (exact) mass is 274 g/mol. The number of hydrogen-bond donors (Lipinski definition) is 2. The summed E-state index contributed by atoms with van der Waals surface area (Å²) in [4.78, 5) is 0. The topological polar surface area (TPSA) is 56.5 Å². The molecule has 104 valence electrons. The quantitative estimate of drug-likeness (QED) is 0.845. The van der Waals surface area contributed by atoms with Crippen molar-refractivity contribution in [1.29, 1.82) is 0 Å². The maximum Gasteiger partial charge on any atom is 0.163 e. The molecule has 20 heavy (non-hydrogen) atoms. The van der Waals surface area contributed by atoms with Crippen molar-refractivity contribution in [2.45, 2.75) is 6.54 Å². The number of anilines is 2. The van der Waals surface area contributed by atoms with Gasteiger partial charge < -0.3 is 20.5 Å². The van der Waals surface area contributed by atoms with Crippen LogP contribution in [-0.2, 0) is 6.54 Å². The minimum absolute atomic E-state index is 0.240. The Balaban J connectivity index is 1.79. The van der Waals surface area contributed by atoms with Crippen LogP contribution in [0.3, 0.4) is 0 Å². The van der Waals surface area contributed by atoms with Gasteiger partial charge in [-0.3, -0.25) is 0 Å². The number of benzene rings is 2. The third-order valence-corrected chi connectivity index (χ3v) is 3.14. The lowest BCUT2D eigenvalue weighted by atomic mass is 10.2. The van der Waals surface area contributed by atoms with Crippen LogP contribution in [0.25, 0.3) is 0 Å². The Morgan fingerprint density at radius 2 is 1.80 bits per heavy atom. The van der Waals surface area contributed by atoms with Crippen molar-refractivity contribution >= 4 is 11.4 Å². The molecule has 0 aliphatic carbocycles. The highest BCUT2D eigenvalue weighted by Gasteiger charge is 2.14. The summed E-state index contributed by atoms with van der Waals surface area (Å²) in [6, 6.07) is 10.1. The van der Waals surface area contributed by atoms with Crippen molar-refractivity contribution in [3.8, 4) is 11.5 Å². The summed E-state index contributed by atoms with van der Waals surface area (Å²) in [6.07, 6.45) is 0. The molecule has 0 atom stereocenters. The van der Waals surface area contributed by atoms with Gasteiger partial charge in [-0.1, -0.05) is 18.2 Å². The Morgan fingerprint density at radius 3 is 2.55 bits per heavy atom. The molecule has 0 saturated carbocycles. The molecule has 5 heteroatoms. The molecule has 0 radical (unpaired) electrons. The van der Waals surface area contributed by atoms with Gasteiger partial charge in [0.2, 0.25) is 0 Å². The first kappa shape index (κ1) is 12.6. The molecule has 0 spiro atoms. The molecule has 2 aromatic carbocycles. The van der Waals surface area contributed by atoms with Crippen LogP contribution in [0, 0.1) is 5.82 Å². The molecule has 1 heterocycles. The van der Waals surface area contributed by atoms with E-state index in [-0.39, 0.29) is 5.82 Å². The fourth-order valence-electron chi connectivity index (χ4n) is 2.09. The minimum atomic E-state index is -0.240. The van der Waals surface area contributed by atoms with E-state index in [0.29, 0.717) is 48.2 Å². The second-order valence-electron chi connectivity index (χ2n) is 4.53. The largest absolute Gasteiger partial charge is 0.486 e. The van der Waals surface area contributed by atoms with Gasteiger partial charge in [-0.25, -0.2) is 4.39 Å². The average Bonchev–Trinajstić information content (AvgIpc) is 2.46. The third kappa shape index (κ3) is 2.47.